The van der Waals surface area contributed by atoms with Crippen LogP contribution in [0.2, 0.25) is 0 Å². The number of aromatic nitrogens is 2. The second-order valence-electron chi connectivity index (χ2n) is 5.75. The van der Waals surface area contributed by atoms with Crippen molar-refractivity contribution < 1.29 is 9.13 Å². The van der Waals surface area contributed by atoms with Gasteiger partial charge < -0.3 is 14.2 Å². The van der Waals surface area contributed by atoms with E-state index < -0.39 is 16.8 Å². The van der Waals surface area contributed by atoms with Crippen LogP contribution in [0.4, 0.5) is 10.1 Å². The van der Waals surface area contributed by atoms with Crippen molar-refractivity contribution in [2.24, 2.45) is 0 Å². The second kappa shape index (κ2) is 5.92. The van der Waals surface area contributed by atoms with Gasteiger partial charge in [-0.15, -0.1) is 0 Å². The highest BCUT2D eigenvalue weighted by Crippen LogP contribution is 2.28. The van der Waals surface area contributed by atoms with Crippen LogP contribution < -0.4 is 15.9 Å². The van der Waals surface area contributed by atoms with Crippen LogP contribution in [0.1, 0.15) is 6.92 Å². The van der Waals surface area contributed by atoms with Gasteiger partial charge in [0.1, 0.15) is 22.6 Å². The fraction of sp³-hybridized carbons (Fsp3) is 0.312. The number of benzene rings is 1. The van der Waals surface area contributed by atoms with Crippen LogP contribution >= 0.6 is 23.8 Å². The molecule has 2 aromatic heterocycles. The van der Waals surface area contributed by atoms with E-state index in [-0.39, 0.29) is 10.8 Å². The molecule has 0 bridgehead atoms. The van der Waals surface area contributed by atoms with Crippen molar-refractivity contribution in [3.63, 3.8) is 0 Å². The summed E-state index contributed by atoms with van der Waals surface area (Å²) in [4.78, 5) is 27.0. The number of thiocarbonyl (C=S) groups is 1. The third-order valence-electron chi connectivity index (χ3n) is 4.36. The lowest BCUT2D eigenvalue weighted by Crippen LogP contribution is -2.39. The minimum Gasteiger partial charge on any atom is -0.483 e. The summed E-state index contributed by atoms with van der Waals surface area (Å²) in [5.41, 5.74) is 0.100. The summed E-state index contributed by atoms with van der Waals surface area (Å²) in [5.74, 6) is -0.511. The number of aryl methyl sites for hydroxylation is 1. The number of anilines is 1. The van der Waals surface area contributed by atoms with E-state index in [0.717, 1.165) is 11.5 Å². The Morgan fingerprint density at radius 1 is 1.40 bits per heavy atom. The van der Waals surface area contributed by atoms with Crippen LogP contribution in [0.15, 0.2) is 21.7 Å². The Labute approximate surface area is 150 Å². The smallest absolute Gasteiger partial charge is 0.271 e. The van der Waals surface area contributed by atoms with Crippen LogP contribution in [0.5, 0.6) is 0 Å². The molecule has 0 spiro atoms. The zero-order chi connectivity index (χ0) is 17.7. The Hall–Kier alpha value is -2.26. The summed E-state index contributed by atoms with van der Waals surface area (Å²) in [6.45, 7) is 3.70. The lowest BCUT2D eigenvalue weighted by molar-refractivity contribution is 0.294. The Morgan fingerprint density at radius 2 is 2.20 bits per heavy atom. The molecule has 0 amide bonds. The molecular weight excluding hydrogens is 365 g/mol. The molecule has 130 valence electrons. The SMILES string of the molecule is CCn1c2cc(N3CCOC(=S)C3)c(F)cc2c(=O)c2c(=O)[nH]sc21. The standard InChI is InChI=1S/C16H14FN3O3S2/c1-2-20-10-6-11(19-3-4-23-12(24)7-19)9(17)5-8(10)14(21)13-15(22)18-25-16(13)20/h5-6H,2-4,7H2,1H3,(H,18,22). The maximum Gasteiger partial charge on any atom is 0.271 e. The lowest BCUT2D eigenvalue weighted by Gasteiger charge is -2.30. The molecule has 1 aliphatic heterocycles. The first-order valence-corrected chi connectivity index (χ1v) is 9.01. The van der Waals surface area contributed by atoms with Crippen molar-refractivity contribution in [1.82, 2.24) is 8.94 Å². The fourth-order valence-electron chi connectivity index (χ4n) is 3.20. The molecule has 25 heavy (non-hydrogen) atoms. The molecule has 1 fully saturated rings. The van der Waals surface area contributed by atoms with Crippen LogP contribution in [0.3, 0.4) is 0 Å². The Kier molecular flexibility index (Phi) is 3.84. The molecule has 1 saturated heterocycles. The van der Waals surface area contributed by atoms with Crippen LogP contribution in [-0.4, -0.2) is 33.7 Å². The molecule has 1 aliphatic rings. The van der Waals surface area contributed by atoms with Gasteiger partial charge in [-0.2, -0.15) is 0 Å². The molecule has 0 atom stereocenters. The number of halogens is 1. The fourth-order valence-corrected chi connectivity index (χ4v) is 4.35. The molecule has 1 aromatic carbocycles. The lowest BCUT2D eigenvalue weighted by atomic mass is 10.1. The molecule has 4 rings (SSSR count). The van der Waals surface area contributed by atoms with Crippen molar-refractivity contribution >= 4 is 55.6 Å². The summed E-state index contributed by atoms with van der Waals surface area (Å²) >= 11 is 6.20. The van der Waals surface area contributed by atoms with Crippen LogP contribution in [0, 0.1) is 5.82 Å². The Morgan fingerprint density at radius 3 is 2.92 bits per heavy atom. The maximum absolute atomic E-state index is 14.7. The zero-order valence-electron chi connectivity index (χ0n) is 13.3. The number of pyridine rings is 1. The van der Waals surface area contributed by atoms with Gasteiger partial charge in [0.05, 0.1) is 24.3 Å². The third-order valence-corrected chi connectivity index (χ3v) is 5.51. The predicted octanol–water partition coefficient (Wildman–Crippen LogP) is 2.23. The summed E-state index contributed by atoms with van der Waals surface area (Å²) < 4.78 is 24.4. The topological polar surface area (TPSA) is 67.3 Å². The summed E-state index contributed by atoms with van der Waals surface area (Å²) in [7, 11) is 0. The Bertz CT molecular complexity index is 1130. The van der Waals surface area contributed by atoms with E-state index in [4.69, 9.17) is 17.0 Å². The first kappa shape index (κ1) is 16.2. The first-order valence-electron chi connectivity index (χ1n) is 7.79. The quantitative estimate of drug-likeness (QED) is 0.692. The van der Waals surface area contributed by atoms with Gasteiger partial charge in [0.15, 0.2) is 5.05 Å². The number of fused-ring (bicyclic) bond motifs is 2. The first-order chi connectivity index (χ1) is 12.0. The van der Waals surface area contributed by atoms with Gasteiger partial charge in [0.25, 0.3) is 5.56 Å². The van der Waals surface area contributed by atoms with Crippen molar-refractivity contribution in [2.45, 2.75) is 13.5 Å². The average molecular weight is 379 g/mol. The van der Waals surface area contributed by atoms with Gasteiger partial charge >= 0.3 is 0 Å². The van der Waals surface area contributed by atoms with E-state index in [1.165, 1.54) is 6.07 Å². The van der Waals surface area contributed by atoms with Gasteiger partial charge in [0, 0.05) is 11.9 Å². The van der Waals surface area contributed by atoms with Gasteiger partial charge in [-0.3, -0.25) is 14.0 Å². The number of nitrogens with zero attached hydrogens (tertiary/aromatic N) is 2. The maximum atomic E-state index is 14.7. The predicted molar refractivity (Wildman–Crippen MR) is 101 cm³/mol. The van der Waals surface area contributed by atoms with E-state index >= 15 is 0 Å². The number of hydrogen-bond donors (Lipinski definition) is 1. The molecule has 0 aliphatic carbocycles. The molecule has 1 N–H and O–H groups in total. The number of rotatable bonds is 2. The molecule has 6 nitrogen and oxygen atoms in total. The number of nitrogens with one attached hydrogen (secondary N) is 1. The highest BCUT2D eigenvalue weighted by Gasteiger charge is 2.22. The van der Waals surface area contributed by atoms with Gasteiger partial charge in [-0.05, 0) is 42.8 Å². The van der Waals surface area contributed by atoms with Crippen molar-refractivity contribution in [3.8, 4) is 0 Å². The van der Waals surface area contributed by atoms with Gasteiger partial charge in [-0.25, -0.2) is 4.39 Å². The number of ether oxygens (including phenoxy) is 1. The number of morpholine rings is 1. The minimum absolute atomic E-state index is 0.0825. The van der Waals surface area contributed by atoms with Crippen molar-refractivity contribution in [2.75, 3.05) is 24.6 Å². The summed E-state index contributed by atoms with van der Waals surface area (Å²) in [6, 6.07) is 2.88. The number of aromatic amines is 1. The van der Waals surface area contributed by atoms with Crippen molar-refractivity contribution in [3.05, 3.63) is 38.5 Å². The molecule has 0 unspecified atom stereocenters. The highest BCUT2D eigenvalue weighted by atomic mass is 32.1. The van der Waals surface area contributed by atoms with Crippen LogP contribution in [0.25, 0.3) is 21.1 Å². The number of H-pyrrole nitrogens is 1. The zero-order valence-corrected chi connectivity index (χ0v) is 14.9. The van der Waals surface area contributed by atoms with E-state index in [1.807, 2.05) is 11.5 Å². The molecule has 0 saturated carbocycles. The van der Waals surface area contributed by atoms with E-state index in [2.05, 4.69) is 4.37 Å². The average Bonchev–Trinajstić information content (AvgIpc) is 2.97. The molecule has 3 heterocycles. The minimum atomic E-state index is -0.511. The van der Waals surface area contributed by atoms with Gasteiger partial charge in [-0.1, -0.05) is 0 Å². The van der Waals surface area contributed by atoms with E-state index in [0.29, 0.717) is 47.3 Å². The molecule has 0 radical (unpaired) electrons. The van der Waals surface area contributed by atoms with Crippen molar-refractivity contribution in [1.29, 1.82) is 0 Å². The monoisotopic (exact) mass is 379 g/mol. The van der Waals surface area contributed by atoms with E-state index in [1.54, 1.807) is 11.0 Å². The summed E-state index contributed by atoms with van der Waals surface area (Å²) in [6.07, 6.45) is 0. The number of hydrogen-bond acceptors (Lipinski definition) is 6. The molecule has 3 aromatic rings. The largest absolute Gasteiger partial charge is 0.483 e. The Balaban J connectivity index is 2.05. The highest BCUT2D eigenvalue weighted by molar-refractivity contribution is 7.80. The normalized spacial score (nSPS) is 15.1. The van der Waals surface area contributed by atoms with E-state index in [9.17, 15) is 14.0 Å². The van der Waals surface area contributed by atoms with Crippen LogP contribution in [-0.2, 0) is 11.3 Å². The third kappa shape index (κ3) is 2.46. The van der Waals surface area contributed by atoms with Gasteiger partial charge in [0.2, 0.25) is 5.43 Å². The second-order valence-corrected chi connectivity index (χ2v) is 7.00. The molecular formula is C16H14FN3O3S2. The molecule has 9 heteroatoms. The summed E-state index contributed by atoms with van der Waals surface area (Å²) in [5, 5.41) is 0.701.